The summed E-state index contributed by atoms with van der Waals surface area (Å²) in [5, 5.41) is 3.12. The molecule has 0 saturated carbocycles. The molecule has 2 N–H and O–H groups in total. The number of oxazole rings is 1. The molecule has 2 aromatic heterocycles. The van der Waals surface area contributed by atoms with Crippen LogP contribution in [-0.4, -0.2) is 28.5 Å². The molecule has 5 heteroatoms. The standard InChI is InChI=1S/C14H16N4O/c1-9-14(18-13(17-9)5-6-15-2)10-3-4-11-12(7-10)19-8-16-11/h3-4,7-8,15H,5-6H2,1-2H3,(H,17,18). The van der Waals surface area contributed by atoms with Gasteiger partial charge in [0, 0.05) is 24.2 Å². The quantitative estimate of drug-likeness (QED) is 0.751. The Hall–Kier alpha value is -2.14. The molecule has 2 heterocycles. The average Bonchev–Trinajstić information content (AvgIpc) is 3.01. The molecule has 1 aromatic carbocycles. The number of rotatable bonds is 4. The predicted octanol–water partition coefficient (Wildman–Crippen LogP) is 2.29. The first kappa shape index (κ1) is 11.9. The van der Waals surface area contributed by atoms with Crippen molar-refractivity contribution < 1.29 is 4.42 Å². The molecule has 0 unspecified atom stereocenters. The van der Waals surface area contributed by atoms with Gasteiger partial charge in [-0.05, 0) is 26.1 Å². The summed E-state index contributed by atoms with van der Waals surface area (Å²) in [6.07, 6.45) is 2.35. The molecule has 19 heavy (non-hydrogen) atoms. The Morgan fingerprint density at radius 1 is 1.37 bits per heavy atom. The van der Waals surface area contributed by atoms with Gasteiger partial charge in [0.25, 0.3) is 0 Å². The molecule has 0 spiro atoms. The van der Waals surface area contributed by atoms with Gasteiger partial charge in [-0.25, -0.2) is 9.97 Å². The minimum Gasteiger partial charge on any atom is -0.443 e. The third kappa shape index (κ3) is 2.24. The molecule has 0 saturated heterocycles. The van der Waals surface area contributed by atoms with Crippen LogP contribution in [-0.2, 0) is 6.42 Å². The number of aromatic nitrogens is 3. The zero-order chi connectivity index (χ0) is 13.2. The number of hydrogen-bond acceptors (Lipinski definition) is 4. The largest absolute Gasteiger partial charge is 0.443 e. The molecule has 98 valence electrons. The highest BCUT2D eigenvalue weighted by Gasteiger charge is 2.10. The second kappa shape index (κ2) is 4.85. The zero-order valence-corrected chi connectivity index (χ0v) is 11.0. The van der Waals surface area contributed by atoms with Crippen molar-refractivity contribution in [3.8, 4) is 11.3 Å². The van der Waals surface area contributed by atoms with E-state index in [1.54, 1.807) is 0 Å². The van der Waals surface area contributed by atoms with Gasteiger partial charge in [-0.3, -0.25) is 0 Å². The van der Waals surface area contributed by atoms with Crippen LogP contribution in [0.2, 0.25) is 0 Å². The minimum atomic E-state index is 0.789. The molecule has 3 aromatic rings. The van der Waals surface area contributed by atoms with Gasteiger partial charge in [0.15, 0.2) is 12.0 Å². The number of likely N-dealkylation sites (N-methyl/N-ethyl adjacent to an activating group) is 1. The monoisotopic (exact) mass is 256 g/mol. The molecule has 0 fully saturated rings. The lowest BCUT2D eigenvalue weighted by atomic mass is 10.1. The van der Waals surface area contributed by atoms with E-state index in [0.717, 1.165) is 46.8 Å². The SMILES string of the molecule is CNCCc1nc(-c2ccc3ncoc3c2)c(C)[nH]1. The number of nitrogens with zero attached hydrogens (tertiary/aromatic N) is 2. The van der Waals surface area contributed by atoms with E-state index in [9.17, 15) is 0 Å². The number of benzene rings is 1. The topological polar surface area (TPSA) is 66.7 Å². The summed E-state index contributed by atoms with van der Waals surface area (Å²) >= 11 is 0. The zero-order valence-electron chi connectivity index (χ0n) is 11.0. The van der Waals surface area contributed by atoms with Gasteiger partial charge >= 0.3 is 0 Å². The number of hydrogen-bond donors (Lipinski definition) is 2. The summed E-state index contributed by atoms with van der Waals surface area (Å²) in [4.78, 5) is 12.1. The molecule has 0 bridgehead atoms. The highest BCUT2D eigenvalue weighted by atomic mass is 16.3. The Kier molecular flexibility index (Phi) is 3.05. The van der Waals surface area contributed by atoms with Gasteiger partial charge in [-0.15, -0.1) is 0 Å². The van der Waals surface area contributed by atoms with Crippen LogP contribution in [0.25, 0.3) is 22.4 Å². The van der Waals surface area contributed by atoms with E-state index in [-0.39, 0.29) is 0 Å². The van der Waals surface area contributed by atoms with Gasteiger partial charge in [0.05, 0.1) is 5.69 Å². The minimum absolute atomic E-state index is 0.789. The van der Waals surface area contributed by atoms with Crippen molar-refractivity contribution in [3.63, 3.8) is 0 Å². The Balaban J connectivity index is 1.98. The maximum Gasteiger partial charge on any atom is 0.181 e. The molecule has 3 rings (SSSR count). The number of imidazole rings is 1. The molecule has 0 atom stereocenters. The van der Waals surface area contributed by atoms with Gasteiger partial charge in [-0.2, -0.15) is 0 Å². The lowest BCUT2D eigenvalue weighted by Crippen LogP contribution is -2.11. The lowest BCUT2D eigenvalue weighted by Gasteiger charge is -1.97. The van der Waals surface area contributed by atoms with Gasteiger partial charge in [0.2, 0.25) is 0 Å². The average molecular weight is 256 g/mol. The van der Waals surface area contributed by atoms with Crippen LogP contribution in [0, 0.1) is 6.92 Å². The second-order valence-corrected chi connectivity index (χ2v) is 4.55. The van der Waals surface area contributed by atoms with E-state index in [2.05, 4.69) is 20.3 Å². The third-order valence-electron chi connectivity index (χ3n) is 3.15. The smallest absolute Gasteiger partial charge is 0.181 e. The first-order chi connectivity index (χ1) is 9.28. The number of H-pyrrole nitrogens is 1. The summed E-state index contributed by atoms with van der Waals surface area (Å²) < 4.78 is 5.33. The number of aromatic amines is 1. The first-order valence-electron chi connectivity index (χ1n) is 6.31. The predicted molar refractivity (Wildman–Crippen MR) is 74.0 cm³/mol. The van der Waals surface area contributed by atoms with Gasteiger partial charge in [0.1, 0.15) is 11.3 Å². The van der Waals surface area contributed by atoms with Crippen molar-refractivity contribution in [2.24, 2.45) is 0 Å². The molecule has 0 amide bonds. The molecule has 5 nitrogen and oxygen atoms in total. The fraction of sp³-hybridized carbons (Fsp3) is 0.286. The highest BCUT2D eigenvalue weighted by molar-refractivity contribution is 5.79. The summed E-state index contributed by atoms with van der Waals surface area (Å²) in [6, 6.07) is 5.96. The van der Waals surface area contributed by atoms with E-state index in [1.165, 1.54) is 6.39 Å². The molecule has 0 aliphatic rings. The Bertz CT molecular complexity index is 698. The van der Waals surface area contributed by atoms with Crippen molar-refractivity contribution in [2.75, 3.05) is 13.6 Å². The van der Waals surface area contributed by atoms with Crippen LogP contribution in [0.5, 0.6) is 0 Å². The van der Waals surface area contributed by atoms with Crippen molar-refractivity contribution in [1.82, 2.24) is 20.3 Å². The second-order valence-electron chi connectivity index (χ2n) is 4.55. The van der Waals surface area contributed by atoms with E-state index in [1.807, 2.05) is 32.2 Å². The number of nitrogens with one attached hydrogen (secondary N) is 2. The Morgan fingerprint density at radius 3 is 3.11 bits per heavy atom. The van der Waals surface area contributed by atoms with Crippen molar-refractivity contribution in [2.45, 2.75) is 13.3 Å². The molecule has 0 aliphatic heterocycles. The van der Waals surface area contributed by atoms with E-state index < -0.39 is 0 Å². The third-order valence-corrected chi connectivity index (χ3v) is 3.15. The summed E-state index contributed by atoms with van der Waals surface area (Å²) in [5.41, 5.74) is 4.76. The van der Waals surface area contributed by atoms with Crippen LogP contribution in [0.4, 0.5) is 0 Å². The fourth-order valence-corrected chi connectivity index (χ4v) is 2.17. The van der Waals surface area contributed by atoms with Crippen molar-refractivity contribution in [1.29, 1.82) is 0 Å². The molecular weight excluding hydrogens is 240 g/mol. The van der Waals surface area contributed by atoms with Crippen molar-refractivity contribution in [3.05, 3.63) is 36.1 Å². The Morgan fingerprint density at radius 2 is 2.26 bits per heavy atom. The molecule has 0 radical (unpaired) electrons. The maximum atomic E-state index is 5.33. The summed E-state index contributed by atoms with van der Waals surface area (Å²) in [7, 11) is 1.94. The van der Waals surface area contributed by atoms with E-state index >= 15 is 0 Å². The van der Waals surface area contributed by atoms with Gasteiger partial charge in [-0.1, -0.05) is 6.07 Å². The van der Waals surface area contributed by atoms with Crippen LogP contribution in [0.1, 0.15) is 11.5 Å². The highest BCUT2D eigenvalue weighted by Crippen LogP contribution is 2.25. The molecular formula is C14H16N4O. The number of aryl methyl sites for hydroxylation is 1. The fourth-order valence-electron chi connectivity index (χ4n) is 2.17. The first-order valence-corrected chi connectivity index (χ1v) is 6.31. The Labute approximate surface area is 111 Å². The lowest BCUT2D eigenvalue weighted by molar-refractivity contribution is 0.602. The summed E-state index contributed by atoms with van der Waals surface area (Å²) in [6.45, 7) is 2.95. The van der Waals surface area contributed by atoms with Crippen LogP contribution in [0.3, 0.4) is 0 Å². The maximum absolute atomic E-state index is 5.33. The van der Waals surface area contributed by atoms with Crippen LogP contribution in [0.15, 0.2) is 29.0 Å². The van der Waals surface area contributed by atoms with E-state index in [0.29, 0.717) is 0 Å². The van der Waals surface area contributed by atoms with Crippen molar-refractivity contribution >= 4 is 11.1 Å². The van der Waals surface area contributed by atoms with Crippen LogP contribution < -0.4 is 5.32 Å². The number of fused-ring (bicyclic) bond motifs is 1. The molecule has 0 aliphatic carbocycles. The normalized spacial score (nSPS) is 11.3. The van der Waals surface area contributed by atoms with Gasteiger partial charge < -0.3 is 14.7 Å². The van der Waals surface area contributed by atoms with E-state index in [4.69, 9.17) is 4.42 Å². The summed E-state index contributed by atoms with van der Waals surface area (Å²) in [5.74, 6) is 1.000. The van der Waals surface area contributed by atoms with Crippen LogP contribution >= 0.6 is 0 Å².